The van der Waals surface area contributed by atoms with Crippen LogP contribution in [0.4, 0.5) is 11.4 Å². The van der Waals surface area contributed by atoms with E-state index in [0.717, 1.165) is 30.1 Å². The van der Waals surface area contributed by atoms with Crippen LogP contribution >= 0.6 is 35.0 Å². The molecule has 0 spiro atoms. The predicted molar refractivity (Wildman–Crippen MR) is 126 cm³/mol. The molecule has 0 aliphatic carbocycles. The largest absolute Gasteiger partial charge is 0.366 e. The molecule has 1 heterocycles. The summed E-state index contributed by atoms with van der Waals surface area (Å²) in [6, 6.07) is 12.9. The van der Waals surface area contributed by atoms with Gasteiger partial charge in [0.1, 0.15) is 0 Å². The number of piperazine rings is 1. The van der Waals surface area contributed by atoms with Crippen LogP contribution < -0.4 is 10.2 Å². The van der Waals surface area contributed by atoms with Crippen LogP contribution in [-0.2, 0) is 9.59 Å². The van der Waals surface area contributed by atoms with Crippen LogP contribution in [0.1, 0.15) is 19.8 Å². The number of nitrogens with one attached hydrogen (secondary N) is 1. The molecule has 2 aromatic rings. The van der Waals surface area contributed by atoms with Crippen LogP contribution in [0.25, 0.3) is 0 Å². The van der Waals surface area contributed by atoms with E-state index >= 15 is 0 Å². The summed E-state index contributed by atoms with van der Waals surface area (Å²) in [7, 11) is 0. The van der Waals surface area contributed by atoms with Crippen molar-refractivity contribution < 1.29 is 9.59 Å². The lowest BCUT2D eigenvalue weighted by atomic mass is 10.2. The molecule has 0 unspecified atom stereocenters. The van der Waals surface area contributed by atoms with Gasteiger partial charge in [0.25, 0.3) is 0 Å². The van der Waals surface area contributed by atoms with E-state index in [1.54, 1.807) is 6.07 Å². The minimum atomic E-state index is -0.102. The molecule has 1 saturated heterocycles. The van der Waals surface area contributed by atoms with Crippen LogP contribution in [0.3, 0.4) is 0 Å². The number of carbonyl (C=O) groups is 2. The Kier molecular flexibility index (Phi) is 8.31. The van der Waals surface area contributed by atoms with Crippen LogP contribution in [0.2, 0.25) is 10.0 Å². The van der Waals surface area contributed by atoms with Gasteiger partial charge in [0.2, 0.25) is 11.8 Å². The Morgan fingerprint density at radius 1 is 1.00 bits per heavy atom. The maximum Gasteiger partial charge on any atom is 0.234 e. The SMILES string of the molecule is CCCC(=O)N1CCN(c2ccc(Cl)cc2NC(=O)CSc2ccc(Cl)cc2)CC1. The molecule has 5 nitrogen and oxygen atoms in total. The number of nitrogens with zero attached hydrogens (tertiary/aromatic N) is 2. The van der Waals surface area contributed by atoms with Crippen LogP contribution in [0, 0.1) is 0 Å². The molecule has 2 amide bonds. The lowest BCUT2D eigenvalue weighted by molar-refractivity contribution is -0.131. The van der Waals surface area contributed by atoms with Crippen molar-refractivity contribution in [3.63, 3.8) is 0 Å². The van der Waals surface area contributed by atoms with Crippen LogP contribution in [0.5, 0.6) is 0 Å². The van der Waals surface area contributed by atoms with Gasteiger partial charge in [-0.3, -0.25) is 9.59 Å². The van der Waals surface area contributed by atoms with E-state index in [-0.39, 0.29) is 17.6 Å². The molecule has 3 rings (SSSR count). The number of anilines is 2. The third-order valence-corrected chi connectivity index (χ3v) is 6.35. The van der Waals surface area contributed by atoms with E-state index in [1.807, 2.05) is 48.2 Å². The number of amides is 2. The van der Waals surface area contributed by atoms with Gasteiger partial charge < -0.3 is 15.1 Å². The van der Waals surface area contributed by atoms with Gasteiger partial charge in [-0.25, -0.2) is 0 Å². The van der Waals surface area contributed by atoms with E-state index in [9.17, 15) is 9.59 Å². The zero-order valence-corrected chi connectivity index (χ0v) is 19.2. The molecule has 160 valence electrons. The maximum atomic E-state index is 12.5. The summed E-state index contributed by atoms with van der Waals surface area (Å²) in [6.07, 6.45) is 1.45. The fraction of sp³-hybridized carbons (Fsp3) is 0.364. The van der Waals surface area contributed by atoms with E-state index in [4.69, 9.17) is 23.2 Å². The first-order valence-electron chi connectivity index (χ1n) is 9.96. The van der Waals surface area contributed by atoms with Crippen molar-refractivity contribution in [1.82, 2.24) is 4.90 Å². The molecule has 1 fully saturated rings. The molecule has 30 heavy (non-hydrogen) atoms. The highest BCUT2D eigenvalue weighted by Gasteiger charge is 2.22. The summed E-state index contributed by atoms with van der Waals surface area (Å²) < 4.78 is 0. The fourth-order valence-corrected chi connectivity index (χ4v) is 4.32. The van der Waals surface area contributed by atoms with Crippen molar-refractivity contribution in [2.45, 2.75) is 24.7 Å². The van der Waals surface area contributed by atoms with E-state index in [1.165, 1.54) is 11.8 Å². The predicted octanol–water partition coefficient (Wildman–Crippen LogP) is 5.17. The molecule has 0 radical (unpaired) electrons. The molecule has 0 saturated carbocycles. The summed E-state index contributed by atoms with van der Waals surface area (Å²) in [4.78, 5) is 29.8. The quantitative estimate of drug-likeness (QED) is 0.572. The Labute approximate surface area is 191 Å². The number of rotatable bonds is 7. The normalized spacial score (nSPS) is 14.0. The zero-order valence-electron chi connectivity index (χ0n) is 16.9. The van der Waals surface area contributed by atoms with Gasteiger partial charge in [-0.1, -0.05) is 30.1 Å². The van der Waals surface area contributed by atoms with Crippen molar-refractivity contribution in [1.29, 1.82) is 0 Å². The average molecular weight is 466 g/mol. The van der Waals surface area contributed by atoms with Crippen LogP contribution in [0.15, 0.2) is 47.4 Å². The lowest BCUT2D eigenvalue weighted by Gasteiger charge is -2.37. The maximum absolute atomic E-state index is 12.5. The monoisotopic (exact) mass is 465 g/mol. The first kappa shape index (κ1) is 22.8. The first-order valence-corrected chi connectivity index (χ1v) is 11.7. The Morgan fingerprint density at radius 2 is 1.67 bits per heavy atom. The van der Waals surface area contributed by atoms with Gasteiger partial charge in [-0.15, -0.1) is 11.8 Å². The van der Waals surface area contributed by atoms with Gasteiger partial charge in [0.15, 0.2) is 0 Å². The van der Waals surface area contributed by atoms with Crippen molar-refractivity contribution in [2.24, 2.45) is 0 Å². The van der Waals surface area contributed by atoms with E-state index in [2.05, 4.69) is 10.2 Å². The highest BCUT2D eigenvalue weighted by Crippen LogP contribution is 2.30. The molecule has 8 heteroatoms. The Morgan fingerprint density at radius 3 is 2.33 bits per heavy atom. The van der Waals surface area contributed by atoms with Crippen molar-refractivity contribution in [3.8, 4) is 0 Å². The molecule has 1 aliphatic rings. The molecule has 0 bridgehead atoms. The van der Waals surface area contributed by atoms with Crippen molar-refractivity contribution >= 4 is 58.2 Å². The number of benzene rings is 2. The minimum absolute atomic E-state index is 0.102. The van der Waals surface area contributed by atoms with Gasteiger partial charge in [0, 0.05) is 47.5 Å². The first-order chi connectivity index (χ1) is 14.5. The highest BCUT2D eigenvalue weighted by molar-refractivity contribution is 8.00. The number of thioether (sulfide) groups is 1. The van der Waals surface area contributed by atoms with Gasteiger partial charge in [-0.2, -0.15) is 0 Å². The zero-order chi connectivity index (χ0) is 21.5. The molecule has 1 aliphatic heterocycles. The van der Waals surface area contributed by atoms with Gasteiger partial charge in [-0.05, 0) is 48.9 Å². The minimum Gasteiger partial charge on any atom is -0.366 e. The number of hydrogen-bond donors (Lipinski definition) is 1. The number of carbonyl (C=O) groups excluding carboxylic acids is 2. The topological polar surface area (TPSA) is 52.7 Å². The van der Waals surface area contributed by atoms with Crippen LogP contribution in [-0.4, -0.2) is 48.6 Å². The second-order valence-corrected chi connectivity index (χ2v) is 8.99. The van der Waals surface area contributed by atoms with Gasteiger partial charge in [0.05, 0.1) is 17.1 Å². The average Bonchev–Trinajstić information content (AvgIpc) is 2.74. The molecule has 0 aromatic heterocycles. The smallest absolute Gasteiger partial charge is 0.234 e. The Hall–Kier alpha value is -1.89. The van der Waals surface area contributed by atoms with Gasteiger partial charge >= 0.3 is 0 Å². The lowest BCUT2D eigenvalue weighted by Crippen LogP contribution is -2.48. The molecule has 0 atom stereocenters. The molecule has 1 N–H and O–H groups in total. The second-order valence-electron chi connectivity index (χ2n) is 7.07. The summed E-state index contributed by atoms with van der Waals surface area (Å²) in [5.41, 5.74) is 1.62. The Bertz CT molecular complexity index is 884. The second kappa shape index (κ2) is 10.9. The Balaban J connectivity index is 1.61. The summed E-state index contributed by atoms with van der Waals surface area (Å²) in [5.74, 6) is 0.392. The van der Waals surface area contributed by atoms with Crippen molar-refractivity contribution in [3.05, 3.63) is 52.5 Å². The van der Waals surface area contributed by atoms with E-state index in [0.29, 0.717) is 35.2 Å². The highest BCUT2D eigenvalue weighted by atomic mass is 35.5. The summed E-state index contributed by atoms with van der Waals surface area (Å²) in [5, 5.41) is 4.23. The molecular weight excluding hydrogens is 441 g/mol. The number of halogens is 2. The molecule has 2 aromatic carbocycles. The summed E-state index contributed by atoms with van der Waals surface area (Å²) in [6.45, 7) is 4.82. The molecular formula is C22H25Cl2N3O2S. The fourth-order valence-electron chi connectivity index (χ4n) is 3.32. The van der Waals surface area contributed by atoms with E-state index < -0.39 is 0 Å². The third kappa shape index (κ3) is 6.30. The number of hydrogen-bond acceptors (Lipinski definition) is 4. The van der Waals surface area contributed by atoms with Crippen molar-refractivity contribution in [2.75, 3.05) is 42.1 Å². The standard InChI is InChI=1S/C22H25Cl2N3O2S/c1-2-3-22(29)27-12-10-26(11-13-27)20-9-6-17(24)14-19(20)25-21(28)15-30-18-7-4-16(23)5-8-18/h4-9,14H,2-3,10-13,15H2,1H3,(H,25,28). The third-order valence-electron chi connectivity index (χ3n) is 4.85. The summed E-state index contributed by atoms with van der Waals surface area (Å²) >= 11 is 13.5.